The van der Waals surface area contributed by atoms with E-state index in [-0.39, 0.29) is 0 Å². The van der Waals surface area contributed by atoms with Crippen molar-refractivity contribution >= 4 is 34.0 Å². The molecule has 1 aliphatic heterocycles. The average molecular weight is 392 g/mol. The number of thiazole rings is 1. The Balaban J connectivity index is 1.50. The standard InChI is InChI=1S/C19H26ClN5S/c1-2-21-18(23-13-15-7-3-4-8-17(15)20)22-10-9-16-14-26-19(24-16)25-11-5-6-12-25/h3-4,7-8,14H,2,5-6,9-13H2,1H3,(H2,21,22,23). The predicted octanol–water partition coefficient (Wildman–Crippen LogP) is 3.69. The second-order valence-corrected chi connectivity index (χ2v) is 7.52. The average Bonchev–Trinajstić information content (AvgIpc) is 3.32. The SMILES string of the molecule is CCNC(=NCc1ccccc1Cl)NCCc1csc(N2CCCC2)n1. The molecular weight excluding hydrogens is 366 g/mol. The third-order valence-electron chi connectivity index (χ3n) is 4.30. The fourth-order valence-electron chi connectivity index (χ4n) is 2.91. The number of anilines is 1. The number of nitrogens with zero attached hydrogens (tertiary/aromatic N) is 3. The summed E-state index contributed by atoms with van der Waals surface area (Å²) in [7, 11) is 0. The quantitative estimate of drug-likeness (QED) is 0.558. The molecular formula is C19H26ClN5S. The van der Waals surface area contributed by atoms with Crippen molar-refractivity contribution in [3.05, 3.63) is 45.9 Å². The minimum absolute atomic E-state index is 0.560. The molecule has 26 heavy (non-hydrogen) atoms. The van der Waals surface area contributed by atoms with Gasteiger partial charge in [-0.15, -0.1) is 11.3 Å². The van der Waals surface area contributed by atoms with Gasteiger partial charge in [0.05, 0.1) is 12.2 Å². The minimum atomic E-state index is 0.560. The molecule has 140 valence electrons. The van der Waals surface area contributed by atoms with E-state index >= 15 is 0 Å². The summed E-state index contributed by atoms with van der Waals surface area (Å²) in [4.78, 5) is 11.8. The maximum atomic E-state index is 6.20. The van der Waals surface area contributed by atoms with Gasteiger partial charge in [-0.25, -0.2) is 9.98 Å². The highest BCUT2D eigenvalue weighted by molar-refractivity contribution is 7.13. The van der Waals surface area contributed by atoms with Crippen LogP contribution in [0.25, 0.3) is 0 Å². The highest BCUT2D eigenvalue weighted by atomic mass is 35.5. The van der Waals surface area contributed by atoms with Gasteiger partial charge in [0.1, 0.15) is 0 Å². The molecule has 0 saturated carbocycles. The zero-order chi connectivity index (χ0) is 18.2. The van der Waals surface area contributed by atoms with Crippen LogP contribution in [-0.4, -0.2) is 37.1 Å². The molecule has 1 saturated heterocycles. The van der Waals surface area contributed by atoms with Crippen LogP contribution >= 0.6 is 22.9 Å². The van der Waals surface area contributed by atoms with Gasteiger partial charge in [-0.3, -0.25) is 0 Å². The van der Waals surface area contributed by atoms with Gasteiger partial charge < -0.3 is 15.5 Å². The zero-order valence-electron chi connectivity index (χ0n) is 15.2. The number of halogens is 1. The van der Waals surface area contributed by atoms with Gasteiger partial charge in [-0.05, 0) is 31.4 Å². The fourth-order valence-corrected chi connectivity index (χ4v) is 4.02. The number of benzene rings is 1. The van der Waals surface area contributed by atoms with Crippen LogP contribution in [0.4, 0.5) is 5.13 Å². The van der Waals surface area contributed by atoms with Crippen molar-refractivity contribution in [2.75, 3.05) is 31.1 Å². The normalized spacial score (nSPS) is 14.7. The summed E-state index contributed by atoms with van der Waals surface area (Å²) in [6, 6.07) is 7.82. The van der Waals surface area contributed by atoms with Crippen LogP contribution in [0, 0.1) is 0 Å². The van der Waals surface area contributed by atoms with E-state index in [0.717, 1.165) is 60.0 Å². The lowest BCUT2D eigenvalue weighted by Gasteiger charge is -2.12. The maximum absolute atomic E-state index is 6.20. The molecule has 0 amide bonds. The summed E-state index contributed by atoms with van der Waals surface area (Å²) in [6.45, 7) is 6.54. The van der Waals surface area contributed by atoms with Crippen LogP contribution in [0.5, 0.6) is 0 Å². The van der Waals surface area contributed by atoms with Crippen molar-refractivity contribution in [1.29, 1.82) is 0 Å². The summed E-state index contributed by atoms with van der Waals surface area (Å²) in [5.74, 6) is 0.808. The number of aliphatic imine (C=N–C) groups is 1. The van der Waals surface area contributed by atoms with Crippen LogP contribution < -0.4 is 15.5 Å². The van der Waals surface area contributed by atoms with Crippen molar-refractivity contribution in [2.24, 2.45) is 4.99 Å². The summed E-state index contributed by atoms with van der Waals surface area (Å²) in [6.07, 6.45) is 3.45. The molecule has 0 unspecified atom stereocenters. The predicted molar refractivity (Wildman–Crippen MR) is 112 cm³/mol. The van der Waals surface area contributed by atoms with E-state index in [2.05, 4.69) is 32.8 Å². The van der Waals surface area contributed by atoms with Gasteiger partial charge >= 0.3 is 0 Å². The Bertz CT molecular complexity index is 724. The number of nitrogens with one attached hydrogen (secondary N) is 2. The summed E-state index contributed by atoms with van der Waals surface area (Å²) in [5, 5.41) is 10.8. The molecule has 0 spiro atoms. The molecule has 2 heterocycles. The second-order valence-electron chi connectivity index (χ2n) is 6.28. The van der Waals surface area contributed by atoms with Crippen LogP contribution in [-0.2, 0) is 13.0 Å². The van der Waals surface area contributed by atoms with Crippen molar-refractivity contribution in [3.63, 3.8) is 0 Å². The Hall–Kier alpha value is -1.79. The highest BCUT2D eigenvalue weighted by Gasteiger charge is 2.15. The maximum Gasteiger partial charge on any atom is 0.191 e. The molecule has 0 aliphatic carbocycles. The molecule has 7 heteroatoms. The minimum Gasteiger partial charge on any atom is -0.357 e. The summed E-state index contributed by atoms with van der Waals surface area (Å²) < 4.78 is 0. The lowest BCUT2D eigenvalue weighted by atomic mass is 10.2. The monoisotopic (exact) mass is 391 g/mol. The Labute approximate surface area is 164 Å². The molecule has 0 atom stereocenters. The Kier molecular flexibility index (Phi) is 7.14. The van der Waals surface area contributed by atoms with E-state index in [4.69, 9.17) is 16.6 Å². The van der Waals surface area contributed by atoms with Crippen molar-refractivity contribution < 1.29 is 0 Å². The van der Waals surface area contributed by atoms with Gasteiger partial charge in [0, 0.05) is 43.0 Å². The summed E-state index contributed by atoms with van der Waals surface area (Å²) in [5.41, 5.74) is 2.17. The molecule has 0 bridgehead atoms. The van der Waals surface area contributed by atoms with Crippen molar-refractivity contribution in [3.8, 4) is 0 Å². The number of hydrogen-bond acceptors (Lipinski definition) is 4. The third-order valence-corrected chi connectivity index (χ3v) is 5.62. The Morgan fingerprint density at radius 1 is 1.27 bits per heavy atom. The smallest absolute Gasteiger partial charge is 0.191 e. The molecule has 1 aliphatic rings. The van der Waals surface area contributed by atoms with E-state index < -0.39 is 0 Å². The first-order valence-electron chi connectivity index (χ1n) is 9.21. The topological polar surface area (TPSA) is 52.6 Å². The number of guanidine groups is 1. The van der Waals surface area contributed by atoms with Gasteiger partial charge in [0.25, 0.3) is 0 Å². The van der Waals surface area contributed by atoms with Gasteiger partial charge in [0.15, 0.2) is 11.1 Å². The largest absolute Gasteiger partial charge is 0.357 e. The van der Waals surface area contributed by atoms with E-state index in [1.54, 1.807) is 11.3 Å². The first-order chi connectivity index (χ1) is 12.8. The van der Waals surface area contributed by atoms with E-state index in [9.17, 15) is 0 Å². The molecule has 3 rings (SSSR count). The summed E-state index contributed by atoms with van der Waals surface area (Å²) >= 11 is 7.96. The number of rotatable bonds is 7. The van der Waals surface area contributed by atoms with Gasteiger partial charge in [-0.2, -0.15) is 0 Å². The first kappa shape index (κ1) is 19.0. The molecule has 1 aromatic heterocycles. The molecule has 5 nitrogen and oxygen atoms in total. The fraction of sp³-hybridized carbons (Fsp3) is 0.474. The van der Waals surface area contributed by atoms with Crippen LogP contribution in [0.15, 0.2) is 34.6 Å². The van der Waals surface area contributed by atoms with Gasteiger partial charge in [-0.1, -0.05) is 29.8 Å². The molecule has 2 N–H and O–H groups in total. The third kappa shape index (κ3) is 5.35. The Morgan fingerprint density at radius 2 is 2.08 bits per heavy atom. The first-order valence-corrected chi connectivity index (χ1v) is 10.5. The van der Waals surface area contributed by atoms with E-state index in [1.165, 1.54) is 12.8 Å². The highest BCUT2D eigenvalue weighted by Crippen LogP contribution is 2.24. The molecule has 0 radical (unpaired) electrons. The molecule has 1 aromatic carbocycles. The van der Waals surface area contributed by atoms with Crippen molar-refractivity contribution in [2.45, 2.75) is 32.7 Å². The molecule has 2 aromatic rings. The van der Waals surface area contributed by atoms with Crippen LogP contribution in [0.2, 0.25) is 5.02 Å². The lowest BCUT2D eigenvalue weighted by Crippen LogP contribution is -2.38. The Morgan fingerprint density at radius 3 is 2.85 bits per heavy atom. The lowest BCUT2D eigenvalue weighted by molar-refractivity contribution is 0.789. The van der Waals surface area contributed by atoms with Crippen LogP contribution in [0.3, 0.4) is 0 Å². The number of hydrogen-bond donors (Lipinski definition) is 2. The van der Waals surface area contributed by atoms with Crippen LogP contribution in [0.1, 0.15) is 31.0 Å². The van der Waals surface area contributed by atoms with Gasteiger partial charge in [0.2, 0.25) is 0 Å². The second kappa shape index (κ2) is 9.78. The van der Waals surface area contributed by atoms with E-state index in [1.807, 2.05) is 24.3 Å². The number of aromatic nitrogens is 1. The van der Waals surface area contributed by atoms with E-state index in [0.29, 0.717) is 6.54 Å². The zero-order valence-corrected chi connectivity index (χ0v) is 16.7. The van der Waals surface area contributed by atoms with Crippen molar-refractivity contribution in [1.82, 2.24) is 15.6 Å². The molecule has 1 fully saturated rings.